The van der Waals surface area contributed by atoms with Gasteiger partial charge in [0.15, 0.2) is 0 Å². The van der Waals surface area contributed by atoms with Crippen LogP contribution in [0.4, 0.5) is 11.4 Å². The van der Waals surface area contributed by atoms with Gasteiger partial charge < -0.3 is 15.0 Å². The Labute approximate surface area is 151 Å². The van der Waals surface area contributed by atoms with Crippen LogP contribution in [0.3, 0.4) is 0 Å². The van der Waals surface area contributed by atoms with Gasteiger partial charge in [-0.2, -0.15) is 0 Å². The van der Waals surface area contributed by atoms with Crippen molar-refractivity contribution in [3.8, 4) is 0 Å². The van der Waals surface area contributed by atoms with Gasteiger partial charge in [-0.25, -0.2) is 0 Å². The van der Waals surface area contributed by atoms with E-state index < -0.39 is 0 Å². The smallest absolute Gasteiger partial charge is 0.255 e. The molecular formula is C19H19ClN2O3. The van der Waals surface area contributed by atoms with Crippen molar-refractivity contribution < 1.29 is 14.3 Å². The summed E-state index contributed by atoms with van der Waals surface area (Å²) in [5.74, 6) is -0.0951. The largest absolute Gasteiger partial charge is 0.383 e. The van der Waals surface area contributed by atoms with E-state index >= 15 is 0 Å². The molecule has 3 rings (SSSR count). The van der Waals surface area contributed by atoms with Gasteiger partial charge in [0.1, 0.15) is 0 Å². The molecule has 0 fully saturated rings. The van der Waals surface area contributed by atoms with E-state index in [2.05, 4.69) is 5.32 Å². The number of hydrogen-bond acceptors (Lipinski definition) is 3. The molecule has 2 amide bonds. The molecule has 0 atom stereocenters. The maximum Gasteiger partial charge on any atom is 0.255 e. The maximum atomic E-state index is 12.3. The van der Waals surface area contributed by atoms with Gasteiger partial charge in [0, 0.05) is 42.0 Å². The van der Waals surface area contributed by atoms with Crippen LogP contribution in [0.5, 0.6) is 0 Å². The number of nitrogens with zero attached hydrogens (tertiary/aromatic N) is 1. The number of carbonyl (C=O) groups is 2. The summed E-state index contributed by atoms with van der Waals surface area (Å²) in [5, 5.41) is 3.48. The fourth-order valence-electron chi connectivity index (χ4n) is 2.87. The second kappa shape index (κ2) is 7.68. The first-order valence-corrected chi connectivity index (χ1v) is 8.45. The fourth-order valence-corrected chi connectivity index (χ4v) is 3.00. The second-order valence-electron chi connectivity index (χ2n) is 5.84. The first-order chi connectivity index (χ1) is 12.1. The first-order valence-electron chi connectivity index (χ1n) is 8.07. The number of halogens is 1. The van der Waals surface area contributed by atoms with E-state index in [4.69, 9.17) is 16.3 Å². The normalized spacial score (nSPS) is 13.5. The summed E-state index contributed by atoms with van der Waals surface area (Å²) >= 11 is 5.84. The number of methoxy groups -OCH3 is 1. The highest BCUT2D eigenvalue weighted by Crippen LogP contribution is 2.30. The van der Waals surface area contributed by atoms with Crippen LogP contribution in [0.1, 0.15) is 22.3 Å². The summed E-state index contributed by atoms with van der Waals surface area (Å²) in [7, 11) is 1.62. The lowest BCUT2D eigenvalue weighted by molar-refractivity contribution is -0.119. The zero-order valence-electron chi connectivity index (χ0n) is 13.9. The Hall–Kier alpha value is -2.37. The molecule has 0 saturated carbocycles. The Bertz CT molecular complexity index is 790. The summed E-state index contributed by atoms with van der Waals surface area (Å²) in [6.45, 7) is 1.01. The summed E-state index contributed by atoms with van der Waals surface area (Å²) in [6, 6.07) is 12.3. The van der Waals surface area contributed by atoms with Gasteiger partial charge in [0.25, 0.3) is 5.91 Å². The third-order valence-corrected chi connectivity index (χ3v) is 4.41. The van der Waals surface area contributed by atoms with Crippen LogP contribution in [0.25, 0.3) is 0 Å². The number of fused-ring (bicyclic) bond motifs is 1. The number of benzene rings is 2. The van der Waals surface area contributed by atoms with Crippen molar-refractivity contribution in [3.63, 3.8) is 0 Å². The van der Waals surface area contributed by atoms with Crippen LogP contribution in [0.15, 0.2) is 42.5 Å². The summed E-state index contributed by atoms with van der Waals surface area (Å²) in [5.41, 5.74) is 3.18. The minimum Gasteiger partial charge on any atom is -0.383 e. The Morgan fingerprint density at radius 1 is 1.20 bits per heavy atom. The van der Waals surface area contributed by atoms with Crippen LogP contribution in [0, 0.1) is 0 Å². The topological polar surface area (TPSA) is 58.6 Å². The van der Waals surface area contributed by atoms with Crippen LogP contribution >= 0.6 is 11.6 Å². The molecule has 1 aliphatic rings. The molecule has 6 heteroatoms. The molecule has 25 heavy (non-hydrogen) atoms. The molecule has 5 nitrogen and oxygen atoms in total. The van der Waals surface area contributed by atoms with Gasteiger partial charge in [0.2, 0.25) is 5.91 Å². The highest BCUT2D eigenvalue weighted by Gasteiger charge is 2.24. The molecule has 0 aliphatic carbocycles. The lowest BCUT2D eigenvalue weighted by atomic mass is 10.0. The minimum absolute atomic E-state index is 0.0995. The number of hydrogen-bond donors (Lipinski definition) is 1. The molecule has 1 aliphatic heterocycles. The highest BCUT2D eigenvalue weighted by molar-refractivity contribution is 6.30. The standard InChI is InChI=1S/C19H19ClN2O3/c1-25-11-10-22-17-8-7-16(12-14(17)4-9-18(22)23)21-19(24)13-2-5-15(20)6-3-13/h2-3,5-8,12H,4,9-11H2,1H3,(H,21,24). The van der Waals surface area contributed by atoms with Gasteiger partial charge in [0.05, 0.1) is 6.61 Å². The number of ether oxygens (including phenoxy) is 1. The van der Waals surface area contributed by atoms with Crippen LogP contribution < -0.4 is 10.2 Å². The van der Waals surface area contributed by atoms with Crippen molar-refractivity contribution in [2.75, 3.05) is 30.5 Å². The Morgan fingerprint density at radius 2 is 1.96 bits per heavy atom. The maximum absolute atomic E-state index is 12.3. The van der Waals surface area contributed by atoms with Gasteiger partial charge in [-0.3, -0.25) is 9.59 Å². The zero-order chi connectivity index (χ0) is 17.8. The van der Waals surface area contributed by atoms with Crippen LogP contribution in [-0.4, -0.2) is 32.1 Å². The predicted octanol–water partition coefficient (Wildman–Crippen LogP) is 3.52. The summed E-state index contributed by atoms with van der Waals surface area (Å²) in [6.07, 6.45) is 1.13. The van der Waals surface area contributed by atoms with Gasteiger partial charge in [-0.15, -0.1) is 0 Å². The monoisotopic (exact) mass is 358 g/mol. The molecule has 130 valence electrons. The SMILES string of the molecule is COCCN1C(=O)CCc2cc(NC(=O)c3ccc(Cl)cc3)ccc21. The molecule has 1 N–H and O–H groups in total. The summed E-state index contributed by atoms with van der Waals surface area (Å²) in [4.78, 5) is 26.2. The van der Waals surface area contributed by atoms with Crippen LogP contribution in [-0.2, 0) is 16.0 Å². The number of rotatable bonds is 5. The fraction of sp³-hybridized carbons (Fsp3) is 0.263. The Balaban J connectivity index is 1.77. The number of carbonyl (C=O) groups excluding carboxylic acids is 2. The molecular weight excluding hydrogens is 340 g/mol. The van der Waals surface area contributed by atoms with Crippen molar-refractivity contribution in [3.05, 3.63) is 58.6 Å². The van der Waals surface area contributed by atoms with E-state index in [9.17, 15) is 9.59 Å². The van der Waals surface area contributed by atoms with Crippen molar-refractivity contribution in [2.24, 2.45) is 0 Å². The van der Waals surface area contributed by atoms with Crippen molar-refractivity contribution in [2.45, 2.75) is 12.8 Å². The van der Waals surface area contributed by atoms with Gasteiger partial charge in [-0.1, -0.05) is 11.6 Å². The molecule has 0 saturated heterocycles. The number of anilines is 2. The third-order valence-electron chi connectivity index (χ3n) is 4.16. The molecule has 0 bridgehead atoms. The van der Waals surface area contributed by atoms with E-state index in [0.717, 1.165) is 11.3 Å². The molecule has 2 aromatic carbocycles. The van der Waals surface area contributed by atoms with Crippen molar-refractivity contribution in [1.82, 2.24) is 0 Å². The average molecular weight is 359 g/mol. The first kappa shape index (κ1) is 17.5. The van der Waals surface area contributed by atoms with E-state index in [1.54, 1.807) is 36.3 Å². The highest BCUT2D eigenvalue weighted by atomic mass is 35.5. The lowest BCUT2D eigenvalue weighted by Gasteiger charge is -2.29. The lowest BCUT2D eigenvalue weighted by Crippen LogP contribution is -2.37. The van der Waals surface area contributed by atoms with E-state index in [-0.39, 0.29) is 11.8 Å². The molecule has 1 heterocycles. The molecule has 0 aromatic heterocycles. The number of nitrogens with one attached hydrogen (secondary N) is 1. The molecule has 0 radical (unpaired) electrons. The van der Waals surface area contributed by atoms with Crippen molar-refractivity contribution in [1.29, 1.82) is 0 Å². The van der Waals surface area contributed by atoms with E-state index in [1.807, 2.05) is 18.2 Å². The van der Waals surface area contributed by atoms with E-state index in [1.165, 1.54) is 0 Å². The number of amides is 2. The quantitative estimate of drug-likeness (QED) is 0.889. The minimum atomic E-state index is -0.195. The summed E-state index contributed by atoms with van der Waals surface area (Å²) < 4.78 is 5.08. The average Bonchev–Trinajstić information content (AvgIpc) is 2.61. The van der Waals surface area contributed by atoms with Gasteiger partial charge in [-0.05, 0) is 54.4 Å². The zero-order valence-corrected chi connectivity index (χ0v) is 14.7. The Kier molecular flexibility index (Phi) is 5.36. The van der Waals surface area contributed by atoms with Gasteiger partial charge >= 0.3 is 0 Å². The number of aryl methyl sites for hydroxylation is 1. The van der Waals surface area contributed by atoms with Crippen molar-refractivity contribution >= 4 is 34.8 Å². The van der Waals surface area contributed by atoms with Crippen LogP contribution in [0.2, 0.25) is 5.02 Å². The Morgan fingerprint density at radius 3 is 2.68 bits per heavy atom. The molecule has 0 unspecified atom stereocenters. The predicted molar refractivity (Wildman–Crippen MR) is 98.4 cm³/mol. The second-order valence-corrected chi connectivity index (χ2v) is 6.28. The molecule has 2 aromatic rings. The third kappa shape index (κ3) is 4.00. The van der Waals surface area contributed by atoms with E-state index in [0.29, 0.717) is 42.3 Å². The molecule has 0 spiro atoms.